The first-order chi connectivity index (χ1) is 19.8. The zero-order valence-corrected chi connectivity index (χ0v) is 26.8. The molecule has 1 amide bonds. The van der Waals surface area contributed by atoms with Crippen molar-refractivity contribution in [1.82, 2.24) is 4.90 Å². The van der Waals surface area contributed by atoms with Gasteiger partial charge in [0.05, 0.1) is 39.1 Å². The van der Waals surface area contributed by atoms with Crippen LogP contribution in [-0.4, -0.2) is 62.3 Å². The Balaban J connectivity index is 1.63. The lowest BCUT2D eigenvalue weighted by atomic mass is 10.0. The number of carbonyl (C=O) groups excluding carboxylic acids is 2. The van der Waals surface area contributed by atoms with E-state index in [0.29, 0.717) is 38.0 Å². The molecule has 0 aliphatic carbocycles. The highest BCUT2D eigenvalue weighted by Gasteiger charge is 2.38. The molecule has 1 aliphatic rings. The number of esters is 1. The number of likely N-dealkylation sites (tertiary alicyclic amines) is 1. The van der Waals surface area contributed by atoms with Crippen molar-refractivity contribution in [2.45, 2.75) is 37.0 Å². The molecule has 42 heavy (non-hydrogen) atoms. The number of hydrogen-bond donors (Lipinski definition) is 1. The molecular weight excluding hydrogens is 698 g/mol. The Morgan fingerprint density at radius 1 is 1.02 bits per heavy atom. The highest BCUT2D eigenvalue weighted by molar-refractivity contribution is 9.10. The van der Waals surface area contributed by atoms with Crippen LogP contribution >= 0.6 is 31.9 Å². The maximum atomic E-state index is 13.8. The second kappa shape index (κ2) is 12.8. The Morgan fingerprint density at radius 2 is 1.76 bits per heavy atom. The highest BCUT2D eigenvalue weighted by Crippen LogP contribution is 2.37. The summed E-state index contributed by atoms with van der Waals surface area (Å²) in [6.07, 6.45) is 0.828. The Labute approximate surface area is 259 Å². The molecule has 10 nitrogen and oxygen atoms in total. The van der Waals surface area contributed by atoms with Crippen LogP contribution in [0.5, 0.6) is 11.5 Å². The zero-order chi connectivity index (χ0) is 30.8. The van der Waals surface area contributed by atoms with Gasteiger partial charge in [-0.1, -0.05) is 12.1 Å². The lowest BCUT2D eigenvalue weighted by molar-refractivity contribution is -0.145. The normalized spacial score (nSPS) is 16.6. The minimum atomic E-state index is -3.49. The van der Waals surface area contributed by atoms with Crippen LogP contribution in [0.25, 0.3) is 0 Å². The van der Waals surface area contributed by atoms with Crippen molar-refractivity contribution < 1.29 is 42.1 Å². The van der Waals surface area contributed by atoms with Gasteiger partial charge in [-0.2, -0.15) is 0 Å². The summed E-state index contributed by atoms with van der Waals surface area (Å²) >= 11 is 6.78. The van der Waals surface area contributed by atoms with E-state index in [1.807, 2.05) is 0 Å². The minimum Gasteiger partial charge on any atom is -0.496 e. The van der Waals surface area contributed by atoms with Crippen LogP contribution in [0.15, 0.2) is 68.4 Å². The third kappa shape index (κ3) is 7.13. The van der Waals surface area contributed by atoms with Gasteiger partial charge in [0, 0.05) is 30.7 Å². The summed E-state index contributed by atoms with van der Waals surface area (Å²) in [7, 11) is -2.06. The van der Waals surface area contributed by atoms with E-state index in [0.717, 1.165) is 6.26 Å². The number of hydrogen-bond acceptors (Lipinski definition) is 8. The molecule has 3 aromatic rings. The van der Waals surface area contributed by atoms with Gasteiger partial charge in [0.15, 0.2) is 9.84 Å². The third-order valence-corrected chi connectivity index (χ3v) is 9.08. The first-order valence-corrected chi connectivity index (χ1v) is 16.1. The number of nitrogens with zero attached hydrogens (tertiary/aromatic N) is 1. The van der Waals surface area contributed by atoms with E-state index in [2.05, 4.69) is 31.9 Å². The summed E-state index contributed by atoms with van der Waals surface area (Å²) in [5, 5.41) is 9.67. The van der Waals surface area contributed by atoms with Crippen molar-refractivity contribution in [2.24, 2.45) is 0 Å². The van der Waals surface area contributed by atoms with Gasteiger partial charge in [0.2, 0.25) is 0 Å². The second-order valence-electron chi connectivity index (χ2n) is 9.67. The van der Waals surface area contributed by atoms with Crippen molar-refractivity contribution >= 4 is 59.5 Å². The molecule has 1 fully saturated rings. The van der Waals surface area contributed by atoms with Crippen molar-refractivity contribution in [3.05, 3.63) is 85.8 Å². The van der Waals surface area contributed by atoms with Crippen LogP contribution in [0.1, 0.15) is 51.2 Å². The van der Waals surface area contributed by atoms with Crippen LogP contribution in [0.4, 0.5) is 0 Å². The van der Waals surface area contributed by atoms with Gasteiger partial charge >= 0.3 is 11.9 Å². The van der Waals surface area contributed by atoms with Crippen molar-refractivity contribution in [1.29, 1.82) is 0 Å². The molecule has 0 spiro atoms. The molecule has 1 N–H and O–H groups in total. The number of aromatic carboxylic acids is 1. The largest absolute Gasteiger partial charge is 0.496 e. The smallest absolute Gasteiger partial charge is 0.336 e. The number of carboxylic acids is 1. The fourth-order valence-corrected chi connectivity index (χ4v) is 6.34. The summed E-state index contributed by atoms with van der Waals surface area (Å²) in [6.45, 7) is 1.29. The summed E-state index contributed by atoms with van der Waals surface area (Å²) in [6, 6.07) is 13.6. The van der Waals surface area contributed by atoms with Gasteiger partial charge in [0.1, 0.15) is 24.2 Å². The van der Waals surface area contributed by atoms with Crippen LogP contribution in [0, 0.1) is 0 Å². The molecule has 0 saturated carbocycles. The summed E-state index contributed by atoms with van der Waals surface area (Å²) in [5.74, 6) is -1.35. The van der Waals surface area contributed by atoms with Gasteiger partial charge in [-0.05, 0) is 79.9 Å². The Kier molecular flexibility index (Phi) is 9.63. The van der Waals surface area contributed by atoms with E-state index in [4.69, 9.17) is 14.2 Å². The van der Waals surface area contributed by atoms with Gasteiger partial charge in [-0.3, -0.25) is 9.59 Å². The molecule has 13 heteroatoms. The van der Waals surface area contributed by atoms with Gasteiger partial charge < -0.3 is 24.2 Å². The molecular formula is C29H27Br2NO9S. The van der Waals surface area contributed by atoms with E-state index in [9.17, 15) is 27.9 Å². The quantitative estimate of drug-likeness (QED) is 0.287. The minimum absolute atomic E-state index is 0.00569. The van der Waals surface area contributed by atoms with E-state index in [1.54, 1.807) is 35.2 Å². The fourth-order valence-electron chi connectivity index (χ4n) is 4.75. The molecule has 0 aromatic heterocycles. The molecule has 1 aliphatic heterocycles. The molecule has 1 heterocycles. The Bertz CT molecular complexity index is 1660. The second-order valence-corrected chi connectivity index (χ2v) is 13.4. The Hall–Kier alpha value is -3.42. The lowest BCUT2D eigenvalue weighted by Crippen LogP contribution is -2.32. The molecule has 2 atom stereocenters. The summed E-state index contributed by atoms with van der Waals surface area (Å²) < 4.78 is 42.0. The van der Waals surface area contributed by atoms with Crippen LogP contribution in [-0.2, 0) is 26.0 Å². The SMILES string of the molecule is COc1cc(C(=O)O)c(COc2cc(C(=O)N3CC(OC(C)=O)C[C@@H]3c3cccc(S(C)(=O)=O)c3)ccc2Br)cc1Br. The van der Waals surface area contributed by atoms with E-state index < -0.39 is 33.9 Å². The zero-order valence-electron chi connectivity index (χ0n) is 22.8. The topological polar surface area (TPSA) is 137 Å². The first kappa shape index (κ1) is 31.5. The molecule has 4 rings (SSSR count). The number of halogens is 2. The predicted octanol–water partition coefficient (Wildman–Crippen LogP) is 5.42. The van der Waals surface area contributed by atoms with E-state index in [-0.39, 0.29) is 35.1 Å². The lowest BCUT2D eigenvalue weighted by Gasteiger charge is -2.25. The molecule has 1 unspecified atom stereocenters. The molecule has 0 radical (unpaired) electrons. The van der Waals surface area contributed by atoms with E-state index >= 15 is 0 Å². The predicted molar refractivity (Wildman–Crippen MR) is 160 cm³/mol. The summed E-state index contributed by atoms with van der Waals surface area (Å²) in [5.41, 5.74) is 1.26. The van der Waals surface area contributed by atoms with Crippen molar-refractivity contribution in [3.8, 4) is 11.5 Å². The number of amides is 1. The number of methoxy groups -OCH3 is 1. The maximum absolute atomic E-state index is 13.8. The van der Waals surface area contributed by atoms with Crippen LogP contribution in [0.3, 0.4) is 0 Å². The number of rotatable bonds is 9. The average Bonchev–Trinajstić information content (AvgIpc) is 3.34. The highest BCUT2D eigenvalue weighted by atomic mass is 79.9. The van der Waals surface area contributed by atoms with Gasteiger partial charge in [-0.25, -0.2) is 13.2 Å². The van der Waals surface area contributed by atoms with Crippen LogP contribution < -0.4 is 9.47 Å². The molecule has 1 saturated heterocycles. The number of sulfone groups is 1. The van der Waals surface area contributed by atoms with Crippen molar-refractivity contribution in [2.75, 3.05) is 19.9 Å². The first-order valence-electron chi connectivity index (χ1n) is 12.6. The van der Waals surface area contributed by atoms with Crippen LogP contribution in [0.2, 0.25) is 0 Å². The number of benzene rings is 3. The summed E-state index contributed by atoms with van der Waals surface area (Å²) in [4.78, 5) is 39.0. The number of ether oxygens (including phenoxy) is 3. The maximum Gasteiger partial charge on any atom is 0.336 e. The number of carbonyl (C=O) groups is 3. The number of carboxylic acid groups (broad SMARTS) is 1. The monoisotopic (exact) mass is 723 g/mol. The third-order valence-electron chi connectivity index (χ3n) is 6.70. The average molecular weight is 725 g/mol. The Morgan fingerprint density at radius 3 is 2.40 bits per heavy atom. The molecule has 3 aromatic carbocycles. The van der Waals surface area contributed by atoms with Gasteiger partial charge in [-0.15, -0.1) is 0 Å². The fraction of sp³-hybridized carbons (Fsp3) is 0.276. The van der Waals surface area contributed by atoms with E-state index in [1.165, 1.54) is 38.3 Å². The standard InChI is InChI=1S/C29H27Br2NO9S/c1-16(33)41-20-12-25(17-5-4-6-21(9-17)42(3,37)38)32(14-20)28(34)18-7-8-23(30)27(11-18)40-15-19-10-24(31)26(39-2)13-22(19)29(35)36/h4-11,13,20,25H,12,14-15H2,1-3H3,(H,35,36)/t20?,25-/m1/s1. The molecule has 0 bridgehead atoms. The van der Waals surface area contributed by atoms with Crippen molar-refractivity contribution in [3.63, 3.8) is 0 Å². The van der Waals surface area contributed by atoms with Gasteiger partial charge in [0.25, 0.3) is 5.91 Å². The molecule has 222 valence electrons.